The fraction of sp³-hybridized carbons (Fsp3) is 0.302. The molecule has 0 radical (unpaired) electrons. The van der Waals surface area contributed by atoms with Crippen molar-refractivity contribution in [1.29, 1.82) is 0 Å². The van der Waals surface area contributed by atoms with E-state index in [4.69, 9.17) is 0 Å². The van der Waals surface area contributed by atoms with Crippen LogP contribution < -0.4 is 5.30 Å². The van der Waals surface area contributed by atoms with Crippen molar-refractivity contribution in [3.05, 3.63) is 155 Å². The standard InChI is InChI=1S/C23H24O2.C13H19OP.C7H10/c1-4-17-5-7-18(8-6-17)23(19-9-11-21(24)15(2)13-19)20-10-12-22(25)16(3)14-20;1-4-11-8-10(3)15(11)12-5-6-13(14)9(2)7-12;1-3-5-7-6-4-2/h5-14,23-25H,4H2,1-3H3;5-7,10-11,14H,4,8H2,1-3H3;3-7H,1H2,2H3/b;;6-4-,7-5-. The zero-order chi connectivity index (χ0) is 34.5. The van der Waals surface area contributed by atoms with Gasteiger partial charge < -0.3 is 15.3 Å². The maximum Gasteiger partial charge on any atom is 0.118 e. The number of benzene rings is 4. The summed E-state index contributed by atoms with van der Waals surface area (Å²) < 4.78 is 0. The fourth-order valence-electron chi connectivity index (χ4n) is 5.97. The van der Waals surface area contributed by atoms with E-state index in [9.17, 15) is 15.3 Å². The molecule has 1 heterocycles. The summed E-state index contributed by atoms with van der Waals surface area (Å²) in [5.41, 5.74) is 9.30. The maximum absolute atomic E-state index is 9.88. The lowest BCUT2D eigenvalue weighted by molar-refractivity contribution is 0.470. The van der Waals surface area contributed by atoms with Crippen LogP contribution in [0.4, 0.5) is 0 Å². The summed E-state index contributed by atoms with van der Waals surface area (Å²) in [4.78, 5) is 0. The molecular formula is C43H53O3P. The second kappa shape index (κ2) is 18.3. The fourth-order valence-corrected chi connectivity index (χ4v) is 9.23. The minimum atomic E-state index is 0.0427. The molecule has 3 atom stereocenters. The molecule has 0 aliphatic carbocycles. The van der Waals surface area contributed by atoms with Gasteiger partial charge in [0.2, 0.25) is 0 Å². The van der Waals surface area contributed by atoms with Crippen LogP contribution in [0.25, 0.3) is 0 Å². The summed E-state index contributed by atoms with van der Waals surface area (Å²) in [5, 5.41) is 30.8. The molecule has 0 amide bonds. The van der Waals surface area contributed by atoms with Crippen molar-refractivity contribution in [2.75, 3.05) is 0 Å². The summed E-state index contributed by atoms with van der Waals surface area (Å²) in [5.74, 6) is 1.11. The lowest BCUT2D eigenvalue weighted by Crippen LogP contribution is -2.32. The largest absolute Gasteiger partial charge is 0.508 e. The van der Waals surface area contributed by atoms with Gasteiger partial charge in [0, 0.05) is 5.92 Å². The first kappa shape index (κ1) is 37.4. The molecule has 47 heavy (non-hydrogen) atoms. The number of phenolic OH excluding ortho intramolecular Hbond substituents is 3. The van der Waals surface area contributed by atoms with Crippen LogP contribution in [-0.4, -0.2) is 26.6 Å². The Bertz CT molecular complexity index is 1600. The van der Waals surface area contributed by atoms with Crippen molar-refractivity contribution in [3.8, 4) is 17.2 Å². The highest BCUT2D eigenvalue weighted by molar-refractivity contribution is 7.68. The van der Waals surface area contributed by atoms with Gasteiger partial charge in [-0.2, -0.15) is 0 Å². The molecule has 5 rings (SSSR count). The number of allylic oxidation sites excluding steroid dienone is 5. The van der Waals surface area contributed by atoms with E-state index in [2.05, 4.69) is 63.7 Å². The topological polar surface area (TPSA) is 60.7 Å². The molecule has 1 fully saturated rings. The predicted molar refractivity (Wildman–Crippen MR) is 204 cm³/mol. The van der Waals surface area contributed by atoms with E-state index in [-0.39, 0.29) is 13.8 Å². The average molecular weight is 649 g/mol. The molecule has 0 saturated carbocycles. The molecule has 0 aromatic heterocycles. The summed E-state index contributed by atoms with van der Waals surface area (Å²) >= 11 is 0. The molecule has 0 bridgehead atoms. The average Bonchev–Trinajstić information content (AvgIpc) is 3.06. The van der Waals surface area contributed by atoms with Gasteiger partial charge in [-0.3, -0.25) is 0 Å². The molecule has 4 aromatic rings. The van der Waals surface area contributed by atoms with Crippen LogP contribution in [0.1, 0.15) is 85.4 Å². The van der Waals surface area contributed by atoms with E-state index >= 15 is 0 Å². The van der Waals surface area contributed by atoms with E-state index in [0.29, 0.717) is 17.2 Å². The Balaban J connectivity index is 0.000000230. The number of aryl methyl sites for hydroxylation is 4. The normalized spacial score (nSPS) is 17.1. The Morgan fingerprint density at radius 3 is 1.66 bits per heavy atom. The number of aromatic hydroxyl groups is 3. The lowest BCUT2D eigenvalue weighted by atomic mass is 9.83. The predicted octanol–water partition coefficient (Wildman–Crippen LogP) is 11.1. The Morgan fingerprint density at radius 1 is 0.723 bits per heavy atom. The molecule has 3 N–H and O–H groups in total. The SMILES string of the molecule is C=C/C=C\C=C/C.CCC1CC(C)P1c1ccc(O)c(C)c1.CCc1ccc(C(c2ccc(O)c(C)c2)c2ccc(O)c(C)c2)cc1. The summed E-state index contributed by atoms with van der Waals surface area (Å²) in [6, 6.07) is 26.4. The monoisotopic (exact) mass is 648 g/mol. The summed E-state index contributed by atoms with van der Waals surface area (Å²) in [7, 11) is 0.0427. The van der Waals surface area contributed by atoms with Crippen LogP contribution in [0.15, 0.2) is 116 Å². The first-order valence-electron chi connectivity index (χ1n) is 16.7. The van der Waals surface area contributed by atoms with Gasteiger partial charge in [0.25, 0.3) is 0 Å². The van der Waals surface area contributed by atoms with Crippen molar-refractivity contribution in [2.24, 2.45) is 0 Å². The quantitative estimate of drug-likeness (QED) is 0.101. The zero-order valence-electron chi connectivity index (χ0n) is 29.2. The van der Waals surface area contributed by atoms with Gasteiger partial charge in [-0.05, 0) is 127 Å². The summed E-state index contributed by atoms with van der Waals surface area (Å²) in [6.07, 6.45) is 13.2. The highest BCUT2D eigenvalue weighted by Gasteiger charge is 2.37. The number of rotatable bonds is 8. The third-order valence-corrected chi connectivity index (χ3v) is 12.2. The van der Waals surface area contributed by atoms with Crippen molar-refractivity contribution < 1.29 is 15.3 Å². The Labute approximate surface area is 284 Å². The van der Waals surface area contributed by atoms with Crippen LogP contribution in [0.2, 0.25) is 0 Å². The highest BCUT2D eigenvalue weighted by Crippen LogP contribution is 2.59. The Morgan fingerprint density at radius 2 is 1.23 bits per heavy atom. The van der Waals surface area contributed by atoms with E-state index < -0.39 is 0 Å². The maximum atomic E-state index is 9.88. The van der Waals surface area contributed by atoms with Gasteiger partial charge in [-0.25, -0.2) is 0 Å². The summed E-state index contributed by atoms with van der Waals surface area (Å²) in [6.45, 7) is 18.1. The first-order valence-corrected chi connectivity index (χ1v) is 18.2. The first-order chi connectivity index (χ1) is 22.5. The zero-order valence-corrected chi connectivity index (χ0v) is 30.1. The van der Waals surface area contributed by atoms with Gasteiger partial charge in [0.05, 0.1) is 0 Å². The third-order valence-electron chi connectivity index (χ3n) is 8.81. The minimum absolute atomic E-state index is 0.0427. The number of phenols is 3. The van der Waals surface area contributed by atoms with Gasteiger partial charge in [-0.15, -0.1) is 0 Å². The van der Waals surface area contributed by atoms with Crippen molar-refractivity contribution in [2.45, 2.75) is 85.0 Å². The minimum Gasteiger partial charge on any atom is -0.508 e. The third kappa shape index (κ3) is 10.2. The Kier molecular flexibility index (Phi) is 14.6. The molecule has 248 valence electrons. The van der Waals surface area contributed by atoms with Gasteiger partial charge in [-0.1, -0.05) is 120 Å². The van der Waals surface area contributed by atoms with E-state index in [1.165, 1.54) is 29.3 Å². The molecule has 1 aliphatic heterocycles. The van der Waals surface area contributed by atoms with Crippen LogP contribution >= 0.6 is 7.92 Å². The van der Waals surface area contributed by atoms with Gasteiger partial charge >= 0.3 is 0 Å². The molecule has 3 nitrogen and oxygen atoms in total. The lowest BCUT2D eigenvalue weighted by Gasteiger charge is -2.43. The van der Waals surface area contributed by atoms with Gasteiger partial charge in [0.15, 0.2) is 0 Å². The smallest absolute Gasteiger partial charge is 0.118 e. The van der Waals surface area contributed by atoms with E-state index in [0.717, 1.165) is 45.6 Å². The second-order valence-corrected chi connectivity index (χ2v) is 15.2. The molecule has 4 heteroatoms. The van der Waals surface area contributed by atoms with Crippen molar-refractivity contribution >= 4 is 13.2 Å². The van der Waals surface area contributed by atoms with Crippen molar-refractivity contribution in [3.63, 3.8) is 0 Å². The van der Waals surface area contributed by atoms with Crippen molar-refractivity contribution in [1.82, 2.24) is 0 Å². The number of hydrogen-bond donors (Lipinski definition) is 3. The second-order valence-electron chi connectivity index (χ2n) is 12.3. The van der Waals surface area contributed by atoms with Crippen LogP contribution in [0.3, 0.4) is 0 Å². The molecule has 3 unspecified atom stereocenters. The highest BCUT2D eigenvalue weighted by atomic mass is 31.1. The molecule has 0 spiro atoms. The molecule has 4 aromatic carbocycles. The van der Waals surface area contributed by atoms with Crippen LogP contribution in [0, 0.1) is 20.8 Å². The van der Waals surface area contributed by atoms with Crippen LogP contribution in [0.5, 0.6) is 17.2 Å². The van der Waals surface area contributed by atoms with E-state index in [1.54, 1.807) is 18.2 Å². The molecular weight excluding hydrogens is 595 g/mol. The molecule has 1 aliphatic rings. The number of hydrogen-bond acceptors (Lipinski definition) is 3. The van der Waals surface area contributed by atoms with Crippen LogP contribution in [-0.2, 0) is 6.42 Å². The molecule has 1 saturated heterocycles. The van der Waals surface area contributed by atoms with E-state index in [1.807, 2.05) is 82.3 Å². The van der Waals surface area contributed by atoms with Gasteiger partial charge in [0.1, 0.15) is 17.2 Å². The Hall–Kier alpha value is -4.07.